The molecule has 0 radical (unpaired) electrons. The molecule has 5 nitrogen and oxygen atoms in total. The Labute approximate surface area is 183 Å². The van der Waals surface area contributed by atoms with Crippen molar-refractivity contribution in [3.63, 3.8) is 0 Å². The number of nitrogens with zero attached hydrogens (tertiary/aromatic N) is 1. The van der Waals surface area contributed by atoms with Gasteiger partial charge in [-0.25, -0.2) is 4.39 Å². The molecule has 1 saturated heterocycles. The molecule has 1 aliphatic rings. The summed E-state index contributed by atoms with van der Waals surface area (Å²) >= 11 is 0. The van der Waals surface area contributed by atoms with Gasteiger partial charge in [0.25, 0.3) is 5.91 Å². The molecular weight excluding hydrogens is 428 g/mol. The van der Waals surface area contributed by atoms with Crippen LogP contribution in [0.4, 0.5) is 17.6 Å². The zero-order valence-electron chi connectivity index (χ0n) is 17.5. The third-order valence-electron chi connectivity index (χ3n) is 5.51. The van der Waals surface area contributed by atoms with Gasteiger partial charge in [-0.15, -0.1) is 0 Å². The van der Waals surface area contributed by atoms with Crippen molar-refractivity contribution in [2.75, 3.05) is 33.4 Å². The van der Waals surface area contributed by atoms with Crippen molar-refractivity contribution in [3.05, 3.63) is 71.0 Å². The summed E-state index contributed by atoms with van der Waals surface area (Å²) in [5, 5.41) is 2.76. The lowest BCUT2D eigenvalue weighted by atomic mass is 9.87. The van der Waals surface area contributed by atoms with Gasteiger partial charge in [-0.05, 0) is 30.2 Å². The Kier molecular flexibility index (Phi) is 7.50. The number of carbonyl (C=O) groups is 2. The van der Waals surface area contributed by atoms with Gasteiger partial charge in [0.05, 0.1) is 17.0 Å². The quantitative estimate of drug-likeness (QED) is 0.513. The van der Waals surface area contributed by atoms with Crippen molar-refractivity contribution in [1.29, 1.82) is 0 Å². The SMILES string of the molecule is COCCCNC(=O)[C@@H]1CN(C(=O)c2ccccc2F)C[C@@H]1c1cccc(C(F)(F)F)c1. The van der Waals surface area contributed by atoms with Crippen molar-refractivity contribution in [3.8, 4) is 0 Å². The van der Waals surface area contributed by atoms with Gasteiger partial charge in [-0.1, -0.05) is 30.3 Å². The van der Waals surface area contributed by atoms with Crippen LogP contribution in [0.25, 0.3) is 0 Å². The van der Waals surface area contributed by atoms with Crippen molar-refractivity contribution in [2.45, 2.75) is 18.5 Å². The molecule has 0 bridgehead atoms. The van der Waals surface area contributed by atoms with Crippen LogP contribution in [0.5, 0.6) is 0 Å². The third kappa shape index (κ3) is 5.45. The second-order valence-corrected chi connectivity index (χ2v) is 7.66. The first kappa shape index (κ1) is 23.7. The molecule has 0 aliphatic carbocycles. The van der Waals surface area contributed by atoms with Gasteiger partial charge in [0, 0.05) is 39.3 Å². The zero-order chi connectivity index (χ0) is 23.3. The minimum absolute atomic E-state index is 0.00460. The molecule has 32 heavy (non-hydrogen) atoms. The summed E-state index contributed by atoms with van der Waals surface area (Å²) in [6.07, 6.45) is -3.96. The van der Waals surface area contributed by atoms with E-state index in [1.54, 1.807) is 0 Å². The van der Waals surface area contributed by atoms with Crippen LogP contribution in [0.3, 0.4) is 0 Å². The predicted octanol–water partition coefficient (Wildman–Crippen LogP) is 3.85. The smallest absolute Gasteiger partial charge is 0.385 e. The highest BCUT2D eigenvalue weighted by atomic mass is 19.4. The maximum Gasteiger partial charge on any atom is 0.416 e. The fourth-order valence-electron chi connectivity index (χ4n) is 3.88. The van der Waals surface area contributed by atoms with Crippen LogP contribution in [0.1, 0.15) is 33.8 Å². The summed E-state index contributed by atoms with van der Waals surface area (Å²) in [5.74, 6) is -3.09. The summed E-state index contributed by atoms with van der Waals surface area (Å²) in [6.45, 7) is 0.758. The predicted molar refractivity (Wildman–Crippen MR) is 109 cm³/mol. The van der Waals surface area contributed by atoms with Gasteiger partial charge >= 0.3 is 6.18 Å². The summed E-state index contributed by atoms with van der Waals surface area (Å²) in [6, 6.07) is 10.2. The Balaban J connectivity index is 1.87. The van der Waals surface area contributed by atoms with Gasteiger partial charge < -0.3 is 15.0 Å². The maximum atomic E-state index is 14.1. The van der Waals surface area contributed by atoms with Crippen molar-refractivity contribution >= 4 is 11.8 Å². The Morgan fingerprint density at radius 1 is 1.12 bits per heavy atom. The average molecular weight is 452 g/mol. The fourth-order valence-corrected chi connectivity index (χ4v) is 3.88. The largest absolute Gasteiger partial charge is 0.416 e. The van der Waals surface area contributed by atoms with E-state index >= 15 is 0 Å². The fraction of sp³-hybridized carbons (Fsp3) is 0.391. The second kappa shape index (κ2) is 10.1. The van der Waals surface area contributed by atoms with Crippen LogP contribution in [0.15, 0.2) is 48.5 Å². The number of likely N-dealkylation sites (tertiary alicyclic amines) is 1. The second-order valence-electron chi connectivity index (χ2n) is 7.66. The lowest BCUT2D eigenvalue weighted by Crippen LogP contribution is -2.36. The number of benzene rings is 2. The van der Waals surface area contributed by atoms with Gasteiger partial charge in [-0.3, -0.25) is 9.59 Å². The van der Waals surface area contributed by atoms with Crippen molar-refractivity contribution < 1.29 is 31.9 Å². The molecule has 2 atom stereocenters. The van der Waals surface area contributed by atoms with Crippen LogP contribution in [-0.2, 0) is 15.7 Å². The van der Waals surface area contributed by atoms with E-state index in [9.17, 15) is 27.2 Å². The molecular formula is C23H24F4N2O3. The zero-order valence-corrected chi connectivity index (χ0v) is 17.5. The van der Waals surface area contributed by atoms with Gasteiger partial charge in [0.15, 0.2) is 0 Å². The standard InChI is InChI=1S/C23H24F4N2O3/c1-32-11-5-10-28-21(30)19-14-29(22(31)17-8-2-3-9-20(17)24)13-18(19)15-6-4-7-16(12-15)23(25,26)27/h2-4,6-9,12,18-19H,5,10-11,13-14H2,1H3,(H,28,30)/t18-,19-/m1/s1. The monoisotopic (exact) mass is 452 g/mol. The summed E-state index contributed by atoms with van der Waals surface area (Å²) in [5.41, 5.74) is -0.662. The number of nitrogens with one attached hydrogen (secondary N) is 1. The molecule has 0 saturated carbocycles. The lowest BCUT2D eigenvalue weighted by Gasteiger charge is -2.19. The molecule has 1 aliphatic heterocycles. The maximum absolute atomic E-state index is 14.1. The molecule has 1 heterocycles. The number of ether oxygens (including phenoxy) is 1. The minimum Gasteiger partial charge on any atom is -0.385 e. The number of halogens is 4. The van der Waals surface area contributed by atoms with Crippen LogP contribution >= 0.6 is 0 Å². The van der Waals surface area contributed by atoms with E-state index in [-0.39, 0.29) is 24.6 Å². The Bertz CT molecular complexity index is 964. The van der Waals surface area contributed by atoms with E-state index in [1.807, 2.05) is 0 Å². The molecule has 2 amide bonds. The number of hydrogen-bond donors (Lipinski definition) is 1. The molecule has 9 heteroatoms. The van der Waals surface area contributed by atoms with Gasteiger partial charge in [0.2, 0.25) is 5.91 Å². The van der Waals surface area contributed by atoms with Crippen LogP contribution in [0, 0.1) is 11.7 Å². The molecule has 0 aromatic heterocycles. The van der Waals surface area contributed by atoms with Gasteiger partial charge in [0.1, 0.15) is 5.82 Å². The third-order valence-corrected chi connectivity index (χ3v) is 5.51. The average Bonchev–Trinajstić information content (AvgIpc) is 3.22. The highest BCUT2D eigenvalue weighted by Crippen LogP contribution is 2.37. The number of methoxy groups -OCH3 is 1. The van der Waals surface area contributed by atoms with E-state index in [1.165, 1.54) is 42.3 Å². The number of carbonyl (C=O) groups excluding carboxylic acids is 2. The molecule has 3 rings (SSSR count). The molecule has 0 unspecified atom stereocenters. The Hall–Kier alpha value is -2.94. The molecule has 0 spiro atoms. The molecule has 1 fully saturated rings. The van der Waals surface area contributed by atoms with E-state index in [0.29, 0.717) is 25.1 Å². The highest BCUT2D eigenvalue weighted by molar-refractivity contribution is 5.95. The number of amides is 2. The van der Waals surface area contributed by atoms with Gasteiger partial charge in [-0.2, -0.15) is 13.2 Å². The Morgan fingerprint density at radius 2 is 1.88 bits per heavy atom. The van der Waals surface area contributed by atoms with Crippen molar-refractivity contribution in [1.82, 2.24) is 10.2 Å². The van der Waals surface area contributed by atoms with E-state index in [2.05, 4.69) is 5.32 Å². The van der Waals surface area contributed by atoms with E-state index < -0.39 is 35.3 Å². The first-order valence-corrected chi connectivity index (χ1v) is 10.2. The highest BCUT2D eigenvalue weighted by Gasteiger charge is 2.41. The lowest BCUT2D eigenvalue weighted by molar-refractivity contribution is -0.137. The minimum atomic E-state index is -4.53. The number of hydrogen-bond acceptors (Lipinski definition) is 3. The van der Waals surface area contributed by atoms with Crippen LogP contribution < -0.4 is 5.32 Å². The molecule has 172 valence electrons. The number of alkyl halides is 3. The first-order valence-electron chi connectivity index (χ1n) is 10.2. The number of rotatable bonds is 7. The van der Waals surface area contributed by atoms with Crippen molar-refractivity contribution in [2.24, 2.45) is 5.92 Å². The summed E-state index contributed by atoms with van der Waals surface area (Å²) in [4.78, 5) is 27.1. The van der Waals surface area contributed by atoms with Crippen LogP contribution in [-0.4, -0.2) is 50.1 Å². The summed E-state index contributed by atoms with van der Waals surface area (Å²) in [7, 11) is 1.54. The molecule has 1 N–H and O–H groups in total. The topological polar surface area (TPSA) is 58.6 Å². The van der Waals surface area contributed by atoms with E-state index in [4.69, 9.17) is 4.74 Å². The van der Waals surface area contributed by atoms with Crippen LogP contribution in [0.2, 0.25) is 0 Å². The molecule has 2 aromatic rings. The Morgan fingerprint density at radius 3 is 2.56 bits per heavy atom. The van der Waals surface area contributed by atoms with E-state index in [0.717, 1.165) is 18.2 Å². The summed E-state index contributed by atoms with van der Waals surface area (Å²) < 4.78 is 58.7. The normalized spacial score (nSPS) is 18.6. The first-order chi connectivity index (χ1) is 15.2. The molecule has 2 aromatic carbocycles.